The van der Waals surface area contributed by atoms with E-state index in [0.29, 0.717) is 16.3 Å². The van der Waals surface area contributed by atoms with Gasteiger partial charge in [0.25, 0.3) is 0 Å². The predicted octanol–water partition coefficient (Wildman–Crippen LogP) is 3.56. The van der Waals surface area contributed by atoms with E-state index in [0.717, 1.165) is 16.9 Å². The van der Waals surface area contributed by atoms with Gasteiger partial charge in [-0.1, -0.05) is 29.8 Å². The first-order valence-electron chi connectivity index (χ1n) is 7.73. The summed E-state index contributed by atoms with van der Waals surface area (Å²) < 4.78 is 7.19. The third kappa shape index (κ3) is 3.95. The number of methoxy groups -OCH3 is 1. The largest absolute Gasteiger partial charge is 0.497 e. The fourth-order valence-corrected chi connectivity index (χ4v) is 2.60. The summed E-state index contributed by atoms with van der Waals surface area (Å²) in [7, 11) is 1.60. The van der Waals surface area contributed by atoms with Crippen LogP contribution in [0.3, 0.4) is 0 Å². The van der Waals surface area contributed by atoms with Crippen LogP contribution < -0.4 is 10.1 Å². The van der Waals surface area contributed by atoms with Crippen LogP contribution in [0.4, 0.5) is 5.69 Å². The molecule has 0 aliphatic rings. The normalized spacial score (nSPS) is 10.5. The Morgan fingerprint density at radius 1 is 1.20 bits per heavy atom. The third-order valence-corrected chi connectivity index (χ3v) is 4.06. The fourth-order valence-electron chi connectivity index (χ4n) is 2.41. The number of anilines is 1. The van der Waals surface area contributed by atoms with Crippen LogP contribution in [0.25, 0.3) is 11.4 Å². The lowest BCUT2D eigenvalue weighted by Gasteiger charge is -2.09. The second-order valence-corrected chi connectivity index (χ2v) is 5.97. The highest BCUT2D eigenvalue weighted by Gasteiger charge is 2.12. The molecule has 0 saturated carbocycles. The van der Waals surface area contributed by atoms with Crippen LogP contribution in [0, 0.1) is 11.7 Å². The number of rotatable bonds is 5. The number of nitrogens with zero attached hydrogens (tertiary/aromatic N) is 2. The van der Waals surface area contributed by atoms with Crippen molar-refractivity contribution in [1.82, 2.24) is 14.8 Å². The summed E-state index contributed by atoms with van der Waals surface area (Å²) in [5.41, 5.74) is 2.74. The van der Waals surface area contributed by atoms with E-state index in [1.807, 2.05) is 31.2 Å². The number of aromatic nitrogens is 3. The van der Waals surface area contributed by atoms with Crippen molar-refractivity contribution in [1.29, 1.82) is 0 Å². The van der Waals surface area contributed by atoms with E-state index in [2.05, 4.69) is 15.5 Å². The molecule has 0 fully saturated rings. The lowest BCUT2D eigenvalue weighted by molar-refractivity contribution is -0.116. The Kier molecular flexibility index (Phi) is 4.95. The zero-order valence-corrected chi connectivity index (χ0v) is 14.8. The molecule has 0 aliphatic carbocycles. The summed E-state index contributed by atoms with van der Waals surface area (Å²) in [6.07, 6.45) is 0. The van der Waals surface area contributed by atoms with Gasteiger partial charge in [0.1, 0.15) is 12.3 Å². The molecule has 7 heteroatoms. The van der Waals surface area contributed by atoms with E-state index in [-0.39, 0.29) is 12.5 Å². The summed E-state index contributed by atoms with van der Waals surface area (Å²) in [6.45, 7) is 2.09. The molecule has 1 amide bonds. The quantitative estimate of drug-likeness (QED) is 0.687. The summed E-state index contributed by atoms with van der Waals surface area (Å²) in [6, 6.07) is 15.0. The molecule has 1 heterocycles. The number of hydrogen-bond donors (Lipinski definition) is 2. The number of aromatic amines is 1. The van der Waals surface area contributed by atoms with Crippen LogP contribution in [-0.2, 0) is 11.3 Å². The number of hydrogen-bond acceptors (Lipinski definition) is 4. The van der Waals surface area contributed by atoms with Crippen molar-refractivity contribution in [2.45, 2.75) is 13.5 Å². The van der Waals surface area contributed by atoms with Crippen molar-refractivity contribution in [2.24, 2.45) is 0 Å². The van der Waals surface area contributed by atoms with E-state index in [1.165, 1.54) is 0 Å². The summed E-state index contributed by atoms with van der Waals surface area (Å²) in [5.74, 6) is 1.18. The van der Waals surface area contributed by atoms with Crippen molar-refractivity contribution >= 4 is 23.8 Å². The molecular weight excluding hydrogens is 336 g/mol. The summed E-state index contributed by atoms with van der Waals surface area (Å²) in [4.78, 5) is 12.4. The minimum absolute atomic E-state index is 0.0740. The van der Waals surface area contributed by atoms with Crippen LogP contribution in [0.2, 0.25) is 0 Å². The average Bonchev–Trinajstić information content (AvgIpc) is 2.97. The van der Waals surface area contributed by atoms with Gasteiger partial charge in [-0.25, -0.2) is 0 Å². The highest BCUT2D eigenvalue weighted by molar-refractivity contribution is 7.71. The van der Waals surface area contributed by atoms with E-state index < -0.39 is 0 Å². The van der Waals surface area contributed by atoms with Crippen LogP contribution in [0.5, 0.6) is 5.75 Å². The van der Waals surface area contributed by atoms with Crippen LogP contribution in [0.1, 0.15) is 5.56 Å². The molecule has 128 valence electrons. The molecule has 2 aromatic carbocycles. The van der Waals surface area contributed by atoms with Gasteiger partial charge in [-0.05, 0) is 43.4 Å². The Bertz CT molecular complexity index is 927. The Morgan fingerprint density at radius 2 is 1.88 bits per heavy atom. The molecule has 2 N–H and O–H groups in total. The molecule has 0 radical (unpaired) electrons. The first-order valence-corrected chi connectivity index (χ1v) is 8.14. The molecule has 0 bridgehead atoms. The van der Waals surface area contributed by atoms with Gasteiger partial charge in [0.2, 0.25) is 5.91 Å². The zero-order valence-electron chi connectivity index (χ0n) is 13.9. The maximum atomic E-state index is 12.4. The first-order chi connectivity index (χ1) is 12.1. The number of carbonyl (C=O) groups is 1. The standard InChI is InChI=1S/C18H18N4O2S/c1-12-3-5-13(6-4-12)17-20-21-18(25)22(17)11-16(23)19-14-7-9-15(24-2)10-8-14/h3-10H,11H2,1-2H3,(H,19,23)(H,21,25). The second kappa shape index (κ2) is 7.31. The molecule has 0 spiro atoms. The Labute approximate surface area is 150 Å². The van der Waals surface area contributed by atoms with Gasteiger partial charge < -0.3 is 10.1 Å². The monoisotopic (exact) mass is 354 g/mol. The van der Waals surface area contributed by atoms with Crippen molar-refractivity contribution in [3.8, 4) is 17.1 Å². The molecule has 0 saturated heterocycles. The number of ether oxygens (including phenoxy) is 1. The number of carbonyl (C=O) groups excluding carboxylic acids is 1. The fraction of sp³-hybridized carbons (Fsp3) is 0.167. The van der Waals surface area contributed by atoms with E-state index in [9.17, 15) is 4.79 Å². The minimum atomic E-state index is -0.184. The third-order valence-electron chi connectivity index (χ3n) is 3.74. The maximum Gasteiger partial charge on any atom is 0.244 e. The van der Waals surface area contributed by atoms with Gasteiger partial charge in [0.05, 0.1) is 7.11 Å². The summed E-state index contributed by atoms with van der Waals surface area (Å²) in [5, 5.41) is 9.84. The van der Waals surface area contributed by atoms with Crippen LogP contribution in [-0.4, -0.2) is 27.8 Å². The molecule has 0 unspecified atom stereocenters. The number of benzene rings is 2. The molecule has 3 aromatic rings. The lowest BCUT2D eigenvalue weighted by atomic mass is 10.1. The smallest absolute Gasteiger partial charge is 0.244 e. The number of aryl methyl sites for hydroxylation is 1. The molecule has 25 heavy (non-hydrogen) atoms. The lowest BCUT2D eigenvalue weighted by Crippen LogP contribution is -2.19. The first kappa shape index (κ1) is 16.9. The van der Waals surface area contributed by atoms with Gasteiger partial charge in [-0.15, -0.1) is 0 Å². The molecule has 3 rings (SSSR count). The average molecular weight is 354 g/mol. The summed E-state index contributed by atoms with van der Waals surface area (Å²) >= 11 is 5.26. The van der Waals surface area contributed by atoms with Gasteiger partial charge in [0.15, 0.2) is 10.6 Å². The second-order valence-electron chi connectivity index (χ2n) is 5.58. The number of H-pyrrole nitrogens is 1. The van der Waals surface area contributed by atoms with Gasteiger partial charge in [-0.2, -0.15) is 5.10 Å². The van der Waals surface area contributed by atoms with E-state index in [4.69, 9.17) is 17.0 Å². The highest BCUT2D eigenvalue weighted by atomic mass is 32.1. The van der Waals surface area contributed by atoms with Gasteiger partial charge in [0, 0.05) is 11.3 Å². The van der Waals surface area contributed by atoms with Crippen molar-refractivity contribution < 1.29 is 9.53 Å². The van der Waals surface area contributed by atoms with Gasteiger partial charge >= 0.3 is 0 Å². The topological polar surface area (TPSA) is 71.9 Å². The molecule has 1 aromatic heterocycles. The molecular formula is C18H18N4O2S. The Hall–Kier alpha value is -2.93. The SMILES string of the molecule is COc1ccc(NC(=O)Cn2c(-c3ccc(C)cc3)n[nH]c2=S)cc1. The van der Waals surface area contributed by atoms with Crippen molar-refractivity contribution in [2.75, 3.05) is 12.4 Å². The van der Waals surface area contributed by atoms with Crippen LogP contribution >= 0.6 is 12.2 Å². The zero-order chi connectivity index (χ0) is 17.8. The van der Waals surface area contributed by atoms with Crippen LogP contribution in [0.15, 0.2) is 48.5 Å². The Morgan fingerprint density at radius 3 is 2.52 bits per heavy atom. The van der Waals surface area contributed by atoms with E-state index in [1.54, 1.807) is 35.9 Å². The molecule has 0 atom stereocenters. The number of amides is 1. The van der Waals surface area contributed by atoms with E-state index >= 15 is 0 Å². The molecule has 6 nitrogen and oxygen atoms in total. The highest BCUT2D eigenvalue weighted by Crippen LogP contribution is 2.19. The minimum Gasteiger partial charge on any atom is -0.497 e. The van der Waals surface area contributed by atoms with Crippen molar-refractivity contribution in [3.63, 3.8) is 0 Å². The van der Waals surface area contributed by atoms with Crippen molar-refractivity contribution in [3.05, 3.63) is 58.9 Å². The molecule has 0 aliphatic heterocycles. The number of nitrogens with one attached hydrogen (secondary N) is 2. The van der Waals surface area contributed by atoms with Gasteiger partial charge in [-0.3, -0.25) is 14.5 Å². The maximum absolute atomic E-state index is 12.4. The Balaban J connectivity index is 1.78. The predicted molar refractivity (Wildman–Crippen MR) is 99.2 cm³/mol.